The molecular weight excluding hydrogens is 258 g/mol. The minimum Gasteiger partial charge on any atom is -0.381 e. The van der Waals surface area contributed by atoms with Crippen molar-refractivity contribution < 1.29 is 14.0 Å². The van der Waals surface area contributed by atoms with Gasteiger partial charge in [0.05, 0.1) is 6.04 Å². The fraction of sp³-hybridized carbons (Fsp3) is 0.857. The largest absolute Gasteiger partial charge is 0.381 e. The van der Waals surface area contributed by atoms with Crippen LogP contribution in [0.15, 0.2) is 4.52 Å². The summed E-state index contributed by atoms with van der Waals surface area (Å²) in [6.45, 7) is 5.04. The van der Waals surface area contributed by atoms with Crippen LogP contribution in [0.1, 0.15) is 56.8 Å². The Hall–Kier alpha value is -0.980. The maximum atomic E-state index is 5.97. The van der Waals surface area contributed by atoms with Crippen LogP contribution >= 0.6 is 0 Å². The first-order valence-electron chi connectivity index (χ1n) is 7.63. The van der Waals surface area contributed by atoms with E-state index in [1.165, 1.54) is 12.8 Å². The number of hydrogen-bond acceptors (Lipinski definition) is 6. The zero-order chi connectivity index (χ0) is 13.8. The van der Waals surface area contributed by atoms with Gasteiger partial charge in [0.2, 0.25) is 11.7 Å². The second kappa shape index (κ2) is 6.20. The van der Waals surface area contributed by atoms with Gasteiger partial charge in [0, 0.05) is 32.7 Å². The van der Waals surface area contributed by atoms with Crippen LogP contribution in [0, 0.1) is 0 Å². The van der Waals surface area contributed by atoms with Gasteiger partial charge < -0.3 is 19.3 Å². The summed E-state index contributed by atoms with van der Waals surface area (Å²) in [7, 11) is 0. The fourth-order valence-corrected chi connectivity index (χ4v) is 3.03. The monoisotopic (exact) mass is 281 g/mol. The smallest absolute Gasteiger partial charge is 0.243 e. The Labute approximate surface area is 119 Å². The minimum atomic E-state index is -0.427. The van der Waals surface area contributed by atoms with Gasteiger partial charge in [-0.25, -0.2) is 0 Å². The molecule has 6 nitrogen and oxygen atoms in total. The van der Waals surface area contributed by atoms with E-state index in [-0.39, 0.29) is 6.04 Å². The number of piperidine rings is 1. The summed E-state index contributed by atoms with van der Waals surface area (Å²) in [6.07, 6.45) is 5.07. The molecule has 112 valence electrons. The molecule has 0 bridgehead atoms. The SMILES string of the molecule is CCOC1(c2noc([C@H]3CCCCN3)n2)CCOCC1. The van der Waals surface area contributed by atoms with Crippen molar-refractivity contribution in [2.75, 3.05) is 26.4 Å². The van der Waals surface area contributed by atoms with Gasteiger partial charge in [0.1, 0.15) is 5.60 Å². The van der Waals surface area contributed by atoms with Crippen LogP contribution in [0.3, 0.4) is 0 Å². The molecule has 3 heterocycles. The topological polar surface area (TPSA) is 69.4 Å². The molecule has 3 rings (SSSR count). The van der Waals surface area contributed by atoms with Gasteiger partial charge in [-0.05, 0) is 26.3 Å². The fourth-order valence-electron chi connectivity index (χ4n) is 3.03. The van der Waals surface area contributed by atoms with Crippen molar-refractivity contribution in [3.8, 4) is 0 Å². The summed E-state index contributed by atoms with van der Waals surface area (Å²) in [5.41, 5.74) is -0.427. The summed E-state index contributed by atoms with van der Waals surface area (Å²) < 4.78 is 16.9. The van der Waals surface area contributed by atoms with Crippen molar-refractivity contribution in [3.05, 3.63) is 11.7 Å². The Bertz CT molecular complexity index is 418. The number of nitrogens with zero attached hydrogens (tertiary/aromatic N) is 2. The first-order valence-corrected chi connectivity index (χ1v) is 7.63. The highest BCUT2D eigenvalue weighted by atomic mass is 16.5. The molecule has 0 spiro atoms. The van der Waals surface area contributed by atoms with Crippen molar-refractivity contribution >= 4 is 0 Å². The molecule has 1 N–H and O–H groups in total. The number of hydrogen-bond donors (Lipinski definition) is 1. The molecule has 1 atom stereocenters. The van der Waals surface area contributed by atoms with Crippen LogP contribution in [0.2, 0.25) is 0 Å². The van der Waals surface area contributed by atoms with E-state index >= 15 is 0 Å². The van der Waals surface area contributed by atoms with Crippen molar-refractivity contribution in [3.63, 3.8) is 0 Å². The Morgan fingerprint density at radius 3 is 2.90 bits per heavy atom. The summed E-state index contributed by atoms with van der Waals surface area (Å²) in [5.74, 6) is 1.38. The molecule has 6 heteroatoms. The standard InChI is InChI=1S/C14H23N3O3/c1-2-19-14(6-9-18-10-7-14)13-16-12(20-17-13)11-5-3-4-8-15-11/h11,15H,2-10H2,1H3/t11-/m1/s1. The second-order valence-corrected chi connectivity index (χ2v) is 5.50. The highest BCUT2D eigenvalue weighted by Gasteiger charge is 2.40. The molecule has 0 unspecified atom stereocenters. The normalized spacial score (nSPS) is 26.6. The van der Waals surface area contributed by atoms with Gasteiger partial charge in [0.15, 0.2) is 0 Å². The molecule has 20 heavy (non-hydrogen) atoms. The highest BCUT2D eigenvalue weighted by molar-refractivity contribution is 5.05. The van der Waals surface area contributed by atoms with Gasteiger partial charge >= 0.3 is 0 Å². The van der Waals surface area contributed by atoms with E-state index in [1.54, 1.807) is 0 Å². The molecule has 1 aromatic heterocycles. The van der Waals surface area contributed by atoms with E-state index < -0.39 is 5.60 Å². The first-order chi connectivity index (χ1) is 9.84. The predicted molar refractivity (Wildman–Crippen MR) is 72.2 cm³/mol. The molecule has 2 fully saturated rings. The maximum Gasteiger partial charge on any atom is 0.243 e. The summed E-state index contributed by atoms with van der Waals surface area (Å²) in [4.78, 5) is 4.63. The number of rotatable bonds is 4. The quantitative estimate of drug-likeness (QED) is 0.909. The zero-order valence-corrected chi connectivity index (χ0v) is 12.1. The van der Waals surface area contributed by atoms with E-state index in [9.17, 15) is 0 Å². The average Bonchev–Trinajstić information content (AvgIpc) is 3.00. The minimum absolute atomic E-state index is 0.198. The zero-order valence-electron chi connectivity index (χ0n) is 12.1. The van der Waals surface area contributed by atoms with Gasteiger partial charge in [0.25, 0.3) is 0 Å². The van der Waals surface area contributed by atoms with E-state index in [0.717, 1.165) is 25.8 Å². The van der Waals surface area contributed by atoms with Gasteiger partial charge in [-0.1, -0.05) is 11.6 Å². The first kappa shape index (κ1) is 14.0. The number of aromatic nitrogens is 2. The Kier molecular flexibility index (Phi) is 4.33. The summed E-state index contributed by atoms with van der Waals surface area (Å²) in [6, 6.07) is 0.198. The van der Waals surface area contributed by atoms with Crippen molar-refractivity contribution in [1.82, 2.24) is 15.5 Å². The van der Waals surface area contributed by atoms with Gasteiger partial charge in [-0.15, -0.1) is 0 Å². The van der Waals surface area contributed by atoms with Gasteiger partial charge in [-0.3, -0.25) is 0 Å². The third-order valence-corrected chi connectivity index (χ3v) is 4.18. The van der Waals surface area contributed by atoms with E-state index in [0.29, 0.717) is 31.5 Å². The van der Waals surface area contributed by atoms with Crippen molar-refractivity contribution in [1.29, 1.82) is 0 Å². The molecule has 0 aromatic carbocycles. The summed E-state index contributed by atoms with van der Waals surface area (Å²) in [5, 5.41) is 7.63. The molecule has 2 aliphatic rings. The van der Waals surface area contributed by atoms with Crippen molar-refractivity contribution in [2.24, 2.45) is 0 Å². The molecule has 0 saturated carbocycles. The molecule has 0 aliphatic carbocycles. The molecular formula is C14H23N3O3. The van der Waals surface area contributed by atoms with Crippen LogP contribution in [0.5, 0.6) is 0 Å². The van der Waals surface area contributed by atoms with Crippen LogP contribution in [-0.4, -0.2) is 36.5 Å². The second-order valence-electron chi connectivity index (χ2n) is 5.50. The Morgan fingerprint density at radius 2 is 2.20 bits per heavy atom. The van der Waals surface area contributed by atoms with Gasteiger partial charge in [-0.2, -0.15) is 4.98 Å². The third-order valence-electron chi connectivity index (χ3n) is 4.18. The lowest BCUT2D eigenvalue weighted by Crippen LogP contribution is -2.37. The van der Waals surface area contributed by atoms with Crippen LogP contribution in [0.4, 0.5) is 0 Å². The lowest BCUT2D eigenvalue weighted by atomic mass is 9.93. The van der Waals surface area contributed by atoms with Crippen LogP contribution < -0.4 is 5.32 Å². The van der Waals surface area contributed by atoms with E-state index in [1.807, 2.05) is 6.92 Å². The van der Waals surface area contributed by atoms with E-state index in [4.69, 9.17) is 14.0 Å². The predicted octanol–water partition coefficient (Wildman–Crippen LogP) is 1.93. The molecule has 0 radical (unpaired) electrons. The number of nitrogens with one attached hydrogen (secondary N) is 1. The van der Waals surface area contributed by atoms with Crippen molar-refractivity contribution in [2.45, 2.75) is 50.7 Å². The average molecular weight is 281 g/mol. The highest BCUT2D eigenvalue weighted by Crippen LogP contribution is 2.35. The molecule has 2 aliphatic heterocycles. The molecule has 2 saturated heterocycles. The molecule has 1 aromatic rings. The lowest BCUT2D eigenvalue weighted by Gasteiger charge is -2.33. The Balaban J connectivity index is 1.79. The van der Waals surface area contributed by atoms with E-state index in [2.05, 4.69) is 15.5 Å². The lowest BCUT2D eigenvalue weighted by molar-refractivity contribution is -0.118. The Morgan fingerprint density at radius 1 is 1.35 bits per heavy atom. The van der Waals surface area contributed by atoms with Crippen LogP contribution in [-0.2, 0) is 15.1 Å². The van der Waals surface area contributed by atoms with Crippen LogP contribution in [0.25, 0.3) is 0 Å². The molecule has 0 amide bonds. The summed E-state index contributed by atoms with van der Waals surface area (Å²) >= 11 is 0. The third kappa shape index (κ3) is 2.73. The maximum absolute atomic E-state index is 5.97. The number of ether oxygens (including phenoxy) is 2.